The Balaban J connectivity index is 1.78. The molecule has 0 saturated carbocycles. The zero-order chi connectivity index (χ0) is 22.6. The van der Waals surface area contributed by atoms with E-state index in [1.54, 1.807) is 54.4 Å². The van der Waals surface area contributed by atoms with Crippen LogP contribution in [0, 0.1) is 0 Å². The Kier molecular flexibility index (Phi) is 6.28. The van der Waals surface area contributed by atoms with Crippen molar-refractivity contribution in [3.63, 3.8) is 0 Å². The first-order valence-corrected chi connectivity index (χ1v) is 11.8. The van der Waals surface area contributed by atoms with E-state index in [-0.39, 0.29) is 21.7 Å². The molecule has 0 bridgehead atoms. The predicted molar refractivity (Wildman–Crippen MR) is 124 cm³/mol. The molecule has 0 unspecified atom stereocenters. The van der Waals surface area contributed by atoms with Crippen molar-refractivity contribution >= 4 is 15.7 Å². The quantitative estimate of drug-likeness (QED) is 0.368. The van der Waals surface area contributed by atoms with Gasteiger partial charge >= 0.3 is 0 Å². The number of hydrogen-bond acceptors (Lipinski definition) is 6. The number of ether oxygens (including phenoxy) is 1. The zero-order valence-corrected chi connectivity index (χ0v) is 18.7. The molecule has 0 N–H and O–H groups in total. The Hall–Kier alpha value is -3.58. The molecule has 0 radical (unpaired) electrons. The van der Waals surface area contributed by atoms with Crippen molar-refractivity contribution in [1.82, 2.24) is 4.98 Å². The summed E-state index contributed by atoms with van der Waals surface area (Å²) in [6, 6.07) is 25.3. The van der Waals surface area contributed by atoms with Gasteiger partial charge in [-0.3, -0.25) is 0 Å². The Morgan fingerprint density at radius 1 is 0.906 bits per heavy atom. The molecule has 0 aliphatic rings. The molecule has 0 spiro atoms. The largest absolute Gasteiger partial charge is 0.494 e. The van der Waals surface area contributed by atoms with Gasteiger partial charge in [-0.1, -0.05) is 48.5 Å². The number of hydrogen-bond donors (Lipinski definition) is 0. The molecule has 0 atom stereocenters. The average molecular weight is 449 g/mol. The van der Waals surface area contributed by atoms with Gasteiger partial charge in [0.25, 0.3) is 0 Å². The van der Waals surface area contributed by atoms with Gasteiger partial charge in [-0.25, -0.2) is 8.42 Å². The highest BCUT2D eigenvalue weighted by atomic mass is 32.2. The number of sulfone groups is 1. The molecule has 1 aromatic heterocycles. The first-order valence-electron chi connectivity index (χ1n) is 10.3. The first kappa shape index (κ1) is 21.6. The second-order valence-corrected chi connectivity index (χ2v) is 9.11. The maximum absolute atomic E-state index is 13.4. The van der Waals surface area contributed by atoms with Gasteiger partial charge in [0.2, 0.25) is 26.6 Å². The van der Waals surface area contributed by atoms with Crippen LogP contribution in [0.15, 0.2) is 99.3 Å². The topological polar surface area (TPSA) is 72.6 Å². The van der Waals surface area contributed by atoms with E-state index >= 15 is 0 Å². The van der Waals surface area contributed by atoms with Crippen LogP contribution in [0.2, 0.25) is 0 Å². The second-order valence-electron chi connectivity index (χ2n) is 7.24. The van der Waals surface area contributed by atoms with E-state index in [0.29, 0.717) is 18.7 Å². The van der Waals surface area contributed by atoms with E-state index in [2.05, 4.69) is 4.98 Å². The Bertz CT molecular complexity index is 1270. The summed E-state index contributed by atoms with van der Waals surface area (Å²) in [7, 11) is -2.09. The smallest absolute Gasteiger partial charge is 0.236 e. The van der Waals surface area contributed by atoms with Crippen molar-refractivity contribution in [3.8, 4) is 17.2 Å². The van der Waals surface area contributed by atoms with Crippen LogP contribution in [0.3, 0.4) is 0 Å². The maximum Gasteiger partial charge on any atom is 0.236 e. The zero-order valence-electron chi connectivity index (χ0n) is 17.9. The van der Waals surface area contributed by atoms with Crippen LogP contribution in [-0.4, -0.2) is 27.1 Å². The fourth-order valence-electron chi connectivity index (χ4n) is 3.34. The van der Waals surface area contributed by atoms with Gasteiger partial charge in [-0.2, -0.15) is 4.98 Å². The van der Waals surface area contributed by atoms with Gasteiger partial charge in [0, 0.05) is 19.2 Å². The molecule has 1 heterocycles. The Morgan fingerprint density at radius 2 is 1.53 bits per heavy atom. The molecule has 3 aromatic carbocycles. The van der Waals surface area contributed by atoms with E-state index in [1.807, 2.05) is 49.4 Å². The number of aromatic nitrogens is 1. The van der Waals surface area contributed by atoms with Gasteiger partial charge in [-0.05, 0) is 48.9 Å². The minimum atomic E-state index is -3.88. The fraction of sp³-hybridized carbons (Fsp3) is 0.160. The van der Waals surface area contributed by atoms with Crippen molar-refractivity contribution in [1.29, 1.82) is 0 Å². The molecule has 32 heavy (non-hydrogen) atoms. The summed E-state index contributed by atoms with van der Waals surface area (Å²) in [6.07, 6.45) is 0. The molecule has 0 fully saturated rings. The van der Waals surface area contributed by atoms with E-state index in [9.17, 15) is 8.42 Å². The van der Waals surface area contributed by atoms with E-state index in [0.717, 1.165) is 11.3 Å². The maximum atomic E-state index is 13.4. The molecule has 0 aliphatic carbocycles. The fourth-order valence-corrected chi connectivity index (χ4v) is 4.71. The van der Waals surface area contributed by atoms with Gasteiger partial charge in [0.1, 0.15) is 5.75 Å². The molecule has 0 saturated heterocycles. The molecule has 0 aliphatic heterocycles. The molecule has 4 rings (SSSR count). The highest BCUT2D eigenvalue weighted by molar-refractivity contribution is 7.91. The van der Waals surface area contributed by atoms with E-state index in [1.165, 1.54) is 0 Å². The summed E-state index contributed by atoms with van der Waals surface area (Å²) in [5, 5.41) is -0.106. The van der Waals surface area contributed by atoms with Crippen molar-refractivity contribution < 1.29 is 17.6 Å². The van der Waals surface area contributed by atoms with E-state index < -0.39 is 9.84 Å². The molecule has 0 amide bonds. The Morgan fingerprint density at radius 3 is 2.16 bits per heavy atom. The van der Waals surface area contributed by atoms with Gasteiger partial charge in [-0.15, -0.1) is 0 Å². The van der Waals surface area contributed by atoms with Gasteiger partial charge in [0.05, 0.1) is 11.5 Å². The summed E-state index contributed by atoms with van der Waals surface area (Å²) in [5.41, 5.74) is 1.69. The predicted octanol–water partition coefficient (Wildman–Crippen LogP) is 5.21. The molecule has 7 heteroatoms. The molecule has 6 nitrogen and oxygen atoms in total. The van der Waals surface area contributed by atoms with Crippen molar-refractivity contribution in [3.05, 3.63) is 90.5 Å². The summed E-state index contributed by atoms with van der Waals surface area (Å²) in [6.45, 7) is 2.94. The average Bonchev–Trinajstić information content (AvgIpc) is 3.28. The van der Waals surface area contributed by atoms with Crippen molar-refractivity contribution in [2.24, 2.45) is 0 Å². The highest BCUT2D eigenvalue weighted by Crippen LogP contribution is 2.35. The number of rotatable bonds is 8. The minimum Gasteiger partial charge on any atom is -0.494 e. The normalized spacial score (nSPS) is 11.3. The van der Waals surface area contributed by atoms with E-state index in [4.69, 9.17) is 9.15 Å². The lowest BCUT2D eigenvalue weighted by molar-refractivity contribution is 0.340. The number of nitrogens with zero attached hydrogens (tertiary/aromatic N) is 2. The molecule has 4 aromatic rings. The molecule has 164 valence electrons. The second kappa shape index (κ2) is 9.28. The minimum absolute atomic E-state index is 0.106. The van der Waals surface area contributed by atoms with Gasteiger partial charge in [0.15, 0.2) is 0 Å². The SMILES string of the molecule is CCOc1ccc(-c2nc(S(=O)(=O)c3ccccc3)c(N(C)Cc3ccccc3)o2)cc1. The van der Waals surface area contributed by atoms with Crippen LogP contribution in [0.25, 0.3) is 11.5 Å². The highest BCUT2D eigenvalue weighted by Gasteiger charge is 2.30. The summed E-state index contributed by atoms with van der Waals surface area (Å²) in [4.78, 5) is 6.36. The number of benzene rings is 3. The summed E-state index contributed by atoms with van der Waals surface area (Å²) < 4.78 is 38.4. The summed E-state index contributed by atoms with van der Waals surface area (Å²) >= 11 is 0. The lowest BCUT2D eigenvalue weighted by Gasteiger charge is -2.17. The number of anilines is 1. The van der Waals surface area contributed by atoms with Crippen LogP contribution < -0.4 is 9.64 Å². The lowest BCUT2D eigenvalue weighted by Crippen LogP contribution is -2.18. The monoisotopic (exact) mass is 448 g/mol. The Labute approximate surface area is 188 Å². The first-order chi connectivity index (χ1) is 15.5. The molecular weight excluding hydrogens is 424 g/mol. The van der Waals surface area contributed by atoms with Crippen molar-refractivity contribution in [2.75, 3.05) is 18.6 Å². The van der Waals surface area contributed by atoms with Gasteiger partial charge < -0.3 is 14.1 Å². The summed E-state index contributed by atoms with van der Waals surface area (Å²) in [5.74, 6) is 1.15. The van der Waals surface area contributed by atoms with Crippen molar-refractivity contribution in [2.45, 2.75) is 23.4 Å². The van der Waals surface area contributed by atoms with Crippen LogP contribution in [-0.2, 0) is 16.4 Å². The third-order valence-corrected chi connectivity index (χ3v) is 6.58. The molecular formula is C25H24N2O4S. The van der Waals surface area contributed by atoms with Crippen LogP contribution in [0.5, 0.6) is 5.75 Å². The lowest BCUT2D eigenvalue weighted by atomic mass is 10.2. The third-order valence-electron chi connectivity index (χ3n) is 4.91. The third kappa shape index (κ3) is 4.53. The standard InChI is InChI=1S/C25H24N2O4S/c1-3-30-21-16-14-20(15-17-21)23-26-24(32(28,29)22-12-8-5-9-13-22)25(31-23)27(2)18-19-10-6-4-7-11-19/h4-17H,3,18H2,1-2H3. The van der Waals surface area contributed by atoms with Crippen LogP contribution >= 0.6 is 0 Å². The number of oxazole rings is 1. The van der Waals surface area contributed by atoms with Crippen LogP contribution in [0.4, 0.5) is 5.88 Å². The van der Waals surface area contributed by atoms with Crippen LogP contribution in [0.1, 0.15) is 12.5 Å².